The Morgan fingerprint density at radius 3 is 3.07 bits per heavy atom. The number of ether oxygens (including phenoxy) is 1. The molecular formula is C10H12N4O. The van der Waals surface area contributed by atoms with E-state index in [1.54, 1.807) is 25.2 Å². The van der Waals surface area contributed by atoms with Crippen molar-refractivity contribution in [2.24, 2.45) is 7.05 Å². The van der Waals surface area contributed by atoms with Crippen molar-refractivity contribution in [1.82, 2.24) is 14.8 Å². The topological polar surface area (TPSA) is 66.0 Å². The number of nitrogens with two attached hydrogens (primary N) is 1. The summed E-state index contributed by atoms with van der Waals surface area (Å²) < 4.78 is 27.8. The summed E-state index contributed by atoms with van der Waals surface area (Å²) in [5, 5.41) is 4.10. The van der Waals surface area contributed by atoms with Crippen LogP contribution in [0, 0.1) is 0 Å². The Labute approximate surface area is 91.7 Å². The molecule has 5 heteroatoms. The Hall–Kier alpha value is -2.04. The normalized spacial score (nSPS) is 14.1. The third-order valence-corrected chi connectivity index (χ3v) is 1.99. The van der Waals surface area contributed by atoms with Gasteiger partial charge in [0.05, 0.1) is 22.4 Å². The van der Waals surface area contributed by atoms with Crippen LogP contribution >= 0.6 is 0 Å². The van der Waals surface area contributed by atoms with Gasteiger partial charge in [-0.15, -0.1) is 0 Å². The van der Waals surface area contributed by atoms with Gasteiger partial charge in [0.1, 0.15) is 6.33 Å². The van der Waals surface area contributed by atoms with Gasteiger partial charge in [0.25, 0.3) is 0 Å². The van der Waals surface area contributed by atoms with Gasteiger partial charge in [-0.1, -0.05) is 6.07 Å². The van der Waals surface area contributed by atoms with Crippen LogP contribution in [-0.4, -0.2) is 21.8 Å². The van der Waals surface area contributed by atoms with Gasteiger partial charge in [-0.25, -0.2) is 4.98 Å². The predicted octanol–water partition coefficient (Wildman–Crippen LogP) is 1.07. The number of aryl methyl sites for hydroxylation is 1. The molecule has 0 saturated carbocycles. The number of methoxy groups -OCH3 is 1. The minimum absolute atomic E-state index is 0.0729. The second kappa shape index (κ2) is 3.61. The van der Waals surface area contributed by atoms with E-state index in [-0.39, 0.29) is 11.4 Å². The minimum atomic E-state index is -2.57. The largest absolute Gasteiger partial charge is 0.494 e. The Morgan fingerprint density at radius 1 is 1.53 bits per heavy atom. The third kappa shape index (κ3) is 1.63. The van der Waals surface area contributed by atoms with Crippen LogP contribution in [0.25, 0.3) is 11.4 Å². The van der Waals surface area contributed by atoms with E-state index < -0.39 is 7.04 Å². The summed E-state index contributed by atoms with van der Waals surface area (Å²) in [6.07, 6.45) is 1.51. The molecule has 0 aliphatic rings. The lowest BCUT2D eigenvalue weighted by molar-refractivity contribution is 0.418. The Morgan fingerprint density at radius 2 is 2.40 bits per heavy atom. The maximum Gasteiger partial charge on any atom is 0.184 e. The molecule has 15 heavy (non-hydrogen) atoms. The fourth-order valence-electron chi connectivity index (χ4n) is 1.31. The van der Waals surface area contributed by atoms with Crippen molar-refractivity contribution >= 4 is 5.69 Å². The van der Waals surface area contributed by atoms with Gasteiger partial charge in [0, 0.05) is 7.05 Å². The number of para-hydroxylation sites is 1. The first-order chi connectivity index (χ1) is 8.37. The zero-order valence-electron chi connectivity index (χ0n) is 11.1. The highest BCUT2D eigenvalue weighted by molar-refractivity contribution is 5.72. The molecule has 0 saturated heterocycles. The molecule has 0 aliphatic carbocycles. The van der Waals surface area contributed by atoms with Crippen LogP contribution in [0.5, 0.6) is 5.75 Å². The van der Waals surface area contributed by atoms with Crippen molar-refractivity contribution in [2.45, 2.75) is 0 Å². The summed E-state index contributed by atoms with van der Waals surface area (Å²) in [5.41, 5.74) is 6.42. The number of nitrogen functional groups attached to an aromatic ring is 1. The summed E-state index contributed by atoms with van der Waals surface area (Å²) in [5.74, 6) is 0.438. The maximum atomic E-state index is 7.14. The molecule has 1 aromatic carbocycles. The molecule has 1 aromatic heterocycles. The van der Waals surface area contributed by atoms with Gasteiger partial charge in [-0.3, -0.25) is 4.68 Å². The fourth-order valence-corrected chi connectivity index (χ4v) is 1.31. The van der Waals surface area contributed by atoms with E-state index in [0.29, 0.717) is 11.4 Å². The number of hydrogen-bond acceptors (Lipinski definition) is 4. The van der Waals surface area contributed by atoms with Crippen LogP contribution in [0.3, 0.4) is 0 Å². The first-order valence-electron chi connectivity index (χ1n) is 5.80. The van der Waals surface area contributed by atoms with E-state index in [9.17, 15) is 0 Å². The SMILES string of the molecule is [2H]C([2H])([2H])Oc1c(N)cccc1-c1ncn(C)n1. The van der Waals surface area contributed by atoms with Crippen molar-refractivity contribution in [3.63, 3.8) is 0 Å². The maximum absolute atomic E-state index is 7.14. The van der Waals surface area contributed by atoms with Crippen LogP contribution in [-0.2, 0) is 7.05 Å². The number of aromatic nitrogens is 3. The molecule has 78 valence electrons. The van der Waals surface area contributed by atoms with Crippen LogP contribution in [0.2, 0.25) is 0 Å². The van der Waals surface area contributed by atoms with Gasteiger partial charge in [0.15, 0.2) is 11.6 Å². The van der Waals surface area contributed by atoms with E-state index in [1.807, 2.05) is 0 Å². The van der Waals surface area contributed by atoms with Gasteiger partial charge in [0.2, 0.25) is 0 Å². The van der Waals surface area contributed by atoms with Gasteiger partial charge in [-0.05, 0) is 12.1 Å². The van der Waals surface area contributed by atoms with E-state index >= 15 is 0 Å². The van der Waals surface area contributed by atoms with Crippen LogP contribution in [0.1, 0.15) is 4.11 Å². The first-order valence-corrected chi connectivity index (χ1v) is 4.30. The number of hydrogen-bond donors (Lipinski definition) is 1. The molecule has 0 bridgehead atoms. The Balaban J connectivity index is 2.50. The first kappa shape index (κ1) is 6.44. The number of rotatable bonds is 2. The van der Waals surface area contributed by atoms with E-state index in [0.717, 1.165) is 0 Å². The van der Waals surface area contributed by atoms with Crippen LogP contribution < -0.4 is 10.5 Å². The smallest absolute Gasteiger partial charge is 0.184 e. The molecular weight excluding hydrogens is 192 g/mol. The molecule has 1 heterocycles. The monoisotopic (exact) mass is 207 g/mol. The second-order valence-corrected chi connectivity index (χ2v) is 3.07. The van der Waals surface area contributed by atoms with Crippen molar-refractivity contribution in [1.29, 1.82) is 0 Å². The van der Waals surface area contributed by atoms with E-state index in [1.165, 1.54) is 11.0 Å². The zero-order valence-corrected chi connectivity index (χ0v) is 8.14. The fraction of sp³-hybridized carbons (Fsp3) is 0.200. The van der Waals surface area contributed by atoms with E-state index in [2.05, 4.69) is 10.1 Å². The molecule has 2 rings (SSSR count). The highest BCUT2D eigenvalue weighted by atomic mass is 16.5. The van der Waals surface area contributed by atoms with Crippen molar-refractivity contribution in [2.75, 3.05) is 12.8 Å². The molecule has 0 atom stereocenters. The summed E-state index contributed by atoms with van der Waals surface area (Å²) >= 11 is 0. The van der Waals surface area contributed by atoms with Gasteiger partial charge in [-0.2, -0.15) is 5.10 Å². The third-order valence-electron chi connectivity index (χ3n) is 1.99. The quantitative estimate of drug-likeness (QED) is 0.748. The molecule has 2 N–H and O–H groups in total. The van der Waals surface area contributed by atoms with E-state index in [4.69, 9.17) is 14.6 Å². The number of nitrogens with zero attached hydrogens (tertiary/aromatic N) is 3. The summed E-state index contributed by atoms with van der Waals surface area (Å²) in [6.45, 7) is 0. The van der Waals surface area contributed by atoms with Crippen LogP contribution in [0.4, 0.5) is 5.69 Å². The molecule has 2 aromatic rings. The highest BCUT2D eigenvalue weighted by Crippen LogP contribution is 2.32. The molecule has 0 radical (unpaired) electrons. The van der Waals surface area contributed by atoms with Crippen molar-refractivity contribution < 1.29 is 8.85 Å². The molecule has 0 unspecified atom stereocenters. The minimum Gasteiger partial charge on any atom is -0.494 e. The molecule has 0 fully saturated rings. The summed E-state index contributed by atoms with van der Waals surface area (Å²) in [4.78, 5) is 4.05. The lowest BCUT2D eigenvalue weighted by Gasteiger charge is -2.07. The highest BCUT2D eigenvalue weighted by Gasteiger charge is 2.11. The Bertz CT molecular complexity index is 564. The molecule has 0 aliphatic heterocycles. The Kier molecular flexibility index (Phi) is 1.55. The summed E-state index contributed by atoms with van der Waals surface area (Å²) in [6, 6.07) is 4.91. The second-order valence-electron chi connectivity index (χ2n) is 3.07. The molecule has 5 nitrogen and oxygen atoms in total. The standard InChI is InChI=1S/C10H12N4O/c1-14-6-12-10(13-14)7-4-3-5-8(11)9(7)15-2/h3-6H,11H2,1-2H3/i2D3. The van der Waals surface area contributed by atoms with Crippen molar-refractivity contribution in [3.05, 3.63) is 24.5 Å². The number of benzene rings is 1. The average Bonchev–Trinajstić information content (AvgIpc) is 2.66. The van der Waals surface area contributed by atoms with Crippen molar-refractivity contribution in [3.8, 4) is 17.1 Å². The lowest BCUT2D eigenvalue weighted by atomic mass is 10.1. The number of anilines is 1. The molecule has 0 amide bonds. The van der Waals surface area contributed by atoms with Crippen LogP contribution in [0.15, 0.2) is 24.5 Å². The molecule has 0 spiro atoms. The van der Waals surface area contributed by atoms with Gasteiger partial charge < -0.3 is 10.5 Å². The van der Waals surface area contributed by atoms with Gasteiger partial charge >= 0.3 is 0 Å². The lowest BCUT2D eigenvalue weighted by Crippen LogP contribution is -1.96. The predicted molar refractivity (Wildman–Crippen MR) is 57.4 cm³/mol. The average molecular weight is 207 g/mol. The summed E-state index contributed by atoms with van der Waals surface area (Å²) in [7, 11) is -0.855. The zero-order chi connectivity index (χ0) is 13.3.